The molecule has 0 saturated carbocycles. The molecule has 0 spiro atoms. The summed E-state index contributed by atoms with van der Waals surface area (Å²) in [6.45, 7) is 0. The summed E-state index contributed by atoms with van der Waals surface area (Å²) < 4.78 is 8.82. The molecule has 0 saturated heterocycles. The smallest absolute Gasteiger partial charge is 0.136 e. The highest BCUT2D eigenvalue weighted by atomic mass is 32.1. The Labute approximate surface area is 287 Å². The maximum absolute atomic E-state index is 6.22. The Morgan fingerprint density at radius 1 is 0.347 bits per heavy atom. The number of para-hydroxylation sites is 1. The van der Waals surface area contributed by atoms with Gasteiger partial charge in [-0.3, -0.25) is 0 Å². The quantitative estimate of drug-likeness (QED) is 0.186. The van der Waals surface area contributed by atoms with Gasteiger partial charge in [0.05, 0.1) is 0 Å². The van der Waals surface area contributed by atoms with E-state index in [1.54, 1.807) is 0 Å². The largest absolute Gasteiger partial charge is 0.456 e. The van der Waals surface area contributed by atoms with Gasteiger partial charge in [0.25, 0.3) is 0 Å². The van der Waals surface area contributed by atoms with Crippen molar-refractivity contribution in [2.75, 3.05) is 4.90 Å². The van der Waals surface area contributed by atoms with Gasteiger partial charge in [0.15, 0.2) is 0 Å². The molecule has 2 aromatic heterocycles. The van der Waals surface area contributed by atoms with E-state index < -0.39 is 0 Å². The molecule has 0 amide bonds. The molecule has 10 rings (SSSR count). The molecule has 0 fully saturated rings. The lowest BCUT2D eigenvalue weighted by Crippen LogP contribution is -2.10. The topological polar surface area (TPSA) is 16.4 Å². The number of anilines is 3. The van der Waals surface area contributed by atoms with Gasteiger partial charge in [0.2, 0.25) is 0 Å². The summed E-state index contributed by atoms with van der Waals surface area (Å²) in [6, 6.07) is 63.4. The van der Waals surface area contributed by atoms with Gasteiger partial charge < -0.3 is 9.32 Å². The number of furan rings is 1. The van der Waals surface area contributed by atoms with E-state index in [4.69, 9.17) is 4.42 Å². The van der Waals surface area contributed by atoms with Crippen LogP contribution in [-0.4, -0.2) is 0 Å². The van der Waals surface area contributed by atoms with Crippen LogP contribution in [0.1, 0.15) is 0 Å². The number of nitrogens with zero attached hydrogens (tertiary/aromatic N) is 1. The molecule has 230 valence electrons. The Balaban J connectivity index is 1.10. The highest BCUT2D eigenvalue weighted by molar-refractivity contribution is 7.25. The molecule has 0 radical (unpaired) electrons. The zero-order chi connectivity index (χ0) is 32.3. The molecular formula is C46H29NOS. The van der Waals surface area contributed by atoms with Crippen molar-refractivity contribution in [3.63, 3.8) is 0 Å². The van der Waals surface area contributed by atoms with Gasteiger partial charge in [-0.1, -0.05) is 103 Å². The van der Waals surface area contributed by atoms with Gasteiger partial charge in [-0.15, -0.1) is 11.3 Å². The van der Waals surface area contributed by atoms with Crippen molar-refractivity contribution >= 4 is 81.3 Å². The Morgan fingerprint density at radius 2 is 1.00 bits per heavy atom. The van der Waals surface area contributed by atoms with Gasteiger partial charge in [0.1, 0.15) is 11.2 Å². The average molecular weight is 644 g/mol. The molecular weight excluding hydrogens is 615 g/mol. The van der Waals surface area contributed by atoms with Crippen molar-refractivity contribution in [3.8, 4) is 22.3 Å². The van der Waals surface area contributed by atoms with E-state index in [-0.39, 0.29) is 0 Å². The summed E-state index contributed by atoms with van der Waals surface area (Å²) in [5.41, 5.74) is 9.84. The second-order valence-corrected chi connectivity index (χ2v) is 13.7. The van der Waals surface area contributed by atoms with Crippen molar-refractivity contribution in [1.29, 1.82) is 0 Å². The molecule has 8 aromatic carbocycles. The third-order valence-electron chi connectivity index (χ3n) is 9.64. The molecule has 2 nitrogen and oxygen atoms in total. The van der Waals surface area contributed by atoms with Gasteiger partial charge in [-0.2, -0.15) is 0 Å². The molecule has 0 unspecified atom stereocenters. The third kappa shape index (κ3) is 4.78. The van der Waals surface area contributed by atoms with Crippen LogP contribution in [0.15, 0.2) is 180 Å². The molecule has 0 aliphatic carbocycles. The minimum Gasteiger partial charge on any atom is -0.456 e. The zero-order valence-corrected chi connectivity index (χ0v) is 27.3. The predicted octanol–water partition coefficient (Wildman–Crippen LogP) is 13.9. The van der Waals surface area contributed by atoms with Crippen molar-refractivity contribution in [3.05, 3.63) is 176 Å². The first-order valence-electron chi connectivity index (χ1n) is 16.6. The van der Waals surface area contributed by atoms with Gasteiger partial charge in [0, 0.05) is 48.0 Å². The van der Waals surface area contributed by atoms with Crippen LogP contribution < -0.4 is 4.90 Å². The molecule has 0 N–H and O–H groups in total. The van der Waals surface area contributed by atoms with E-state index in [1.165, 1.54) is 42.1 Å². The molecule has 10 aromatic rings. The van der Waals surface area contributed by atoms with Gasteiger partial charge in [-0.05, 0) is 106 Å². The number of hydrogen-bond acceptors (Lipinski definition) is 3. The lowest BCUT2D eigenvalue weighted by Gasteiger charge is -2.26. The highest BCUT2D eigenvalue weighted by Crippen LogP contribution is 2.42. The normalized spacial score (nSPS) is 11.7. The van der Waals surface area contributed by atoms with Crippen LogP contribution in [0, 0.1) is 0 Å². The SMILES string of the molecule is c1cc(-c2ccc3ccccc3c2)cc(N(c2ccc(-c3ccc4c(c3)oc3ccccc34)cc2)c2ccc3sc4ccccc4c3c2)c1. The lowest BCUT2D eigenvalue weighted by atomic mass is 10.00. The molecule has 49 heavy (non-hydrogen) atoms. The minimum atomic E-state index is 0.909. The van der Waals surface area contributed by atoms with Crippen molar-refractivity contribution in [1.82, 2.24) is 0 Å². The summed E-state index contributed by atoms with van der Waals surface area (Å²) in [6.07, 6.45) is 0. The number of hydrogen-bond donors (Lipinski definition) is 0. The molecule has 0 atom stereocenters. The fourth-order valence-corrected chi connectivity index (χ4v) is 8.29. The van der Waals surface area contributed by atoms with Crippen LogP contribution in [0.5, 0.6) is 0 Å². The van der Waals surface area contributed by atoms with Gasteiger partial charge >= 0.3 is 0 Å². The molecule has 0 aliphatic heterocycles. The van der Waals surface area contributed by atoms with E-state index in [9.17, 15) is 0 Å². The first-order valence-corrected chi connectivity index (χ1v) is 17.4. The first kappa shape index (κ1) is 27.9. The highest BCUT2D eigenvalue weighted by Gasteiger charge is 2.17. The standard InChI is InChI=1S/C46H29NOS/c1-2-9-32-26-34(17-16-30(32)8-1)33-10-7-11-37(27-33)47(38-23-25-46-42(29-38)41-13-4-6-15-45(41)49-46)36-21-18-31(19-22-36)35-20-24-40-39-12-3-5-14-43(39)48-44(40)28-35/h1-29H. The fraction of sp³-hybridized carbons (Fsp3) is 0. The van der Waals surface area contributed by atoms with E-state index in [2.05, 4.69) is 169 Å². The predicted molar refractivity (Wildman–Crippen MR) is 210 cm³/mol. The van der Waals surface area contributed by atoms with E-state index >= 15 is 0 Å². The maximum atomic E-state index is 6.22. The van der Waals surface area contributed by atoms with Crippen LogP contribution in [0.25, 0.3) is 75.1 Å². The van der Waals surface area contributed by atoms with Crippen LogP contribution in [0.4, 0.5) is 17.1 Å². The summed E-state index contributed by atoms with van der Waals surface area (Å²) >= 11 is 1.85. The van der Waals surface area contributed by atoms with E-state index in [0.717, 1.165) is 50.1 Å². The third-order valence-corrected chi connectivity index (χ3v) is 10.8. The molecule has 3 heteroatoms. The molecule has 0 aliphatic rings. The van der Waals surface area contributed by atoms with Crippen LogP contribution in [-0.2, 0) is 0 Å². The number of fused-ring (bicyclic) bond motifs is 7. The lowest BCUT2D eigenvalue weighted by molar-refractivity contribution is 0.669. The summed E-state index contributed by atoms with van der Waals surface area (Å²) in [5.74, 6) is 0. The minimum absolute atomic E-state index is 0.909. The maximum Gasteiger partial charge on any atom is 0.136 e. The van der Waals surface area contributed by atoms with Crippen molar-refractivity contribution < 1.29 is 4.42 Å². The number of thiophene rings is 1. The summed E-state index contributed by atoms with van der Waals surface area (Å²) in [4.78, 5) is 2.38. The Morgan fingerprint density at radius 3 is 1.92 bits per heavy atom. The number of benzene rings is 8. The summed E-state index contributed by atoms with van der Waals surface area (Å²) in [7, 11) is 0. The Bertz CT molecular complexity index is 2840. The van der Waals surface area contributed by atoms with Crippen LogP contribution >= 0.6 is 11.3 Å². The van der Waals surface area contributed by atoms with Crippen molar-refractivity contribution in [2.45, 2.75) is 0 Å². The average Bonchev–Trinajstić information content (AvgIpc) is 3.73. The van der Waals surface area contributed by atoms with Gasteiger partial charge in [-0.25, -0.2) is 0 Å². The van der Waals surface area contributed by atoms with Crippen LogP contribution in [0.3, 0.4) is 0 Å². The van der Waals surface area contributed by atoms with E-state index in [0.29, 0.717) is 0 Å². The second-order valence-electron chi connectivity index (χ2n) is 12.6. The van der Waals surface area contributed by atoms with E-state index in [1.807, 2.05) is 23.5 Å². The van der Waals surface area contributed by atoms with Crippen molar-refractivity contribution in [2.24, 2.45) is 0 Å². The molecule has 0 bridgehead atoms. The number of rotatable bonds is 5. The second kappa shape index (κ2) is 11.2. The monoisotopic (exact) mass is 643 g/mol. The first-order chi connectivity index (χ1) is 24.2. The Hall–Kier alpha value is -6.16. The fourth-order valence-electron chi connectivity index (χ4n) is 7.20. The zero-order valence-electron chi connectivity index (χ0n) is 26.5. The Kier molecular flexibility index (Phi) is 6.39. The molecule has 2 heterocycles. The van der Waals surface area contributed by atoms with Crippen LogP contribution in [0.2, 0.25) is 0 Å². The summed E-state index contributed by atoms with van der Waals surface area (Å²) in [5, 5.41) is 7.37.